The van der Waals surface area contributed by atoms with Gasteiger partial charge in [0.1, 0.15) is 28.8 Å². The molecule has 2 aromatic carbocycles. The second-order valence-corrected chi connectivity index (χ2v) is 9.25. The Labute approximate surface area is 178 Å². The van der Waals surface area contributed by atoms with Gasteiger partial charge in [0.25, 0.3) is 10.0 Å². The first kappa shape index (κ1) is 21.2. The van der Waals surface area contributed by atoms with Gasteiger partial charge in [-0.25, -0.2) is 22.0 Å². The summed E-state index contributed by atoms with van der Waals surface area (Å²) >= 11 is 0. The van der Waals surface area contributed by atoms with Crippen LogP contribution in [0.3, 0.4) is 0 Å². The molecule has 2 aliphatic heterocycles. The minimum atomic E-state index is -4.51. The zero-order chi connectivity index (χ0) is 22.2. The van der Waals surface area contributed by atoms with Crippen molar-refractivity contribution in [3.8, 4) is 0 Å². The van der Waals surface area contributed by atoms with Crippen molar-refractivity contribution in [1.29, 1.82) is 0 Å². The number of likely N-dealkylation sites (tertiary alicyclic amines) is 1. The van der Waals surface area contributed by atoms with Gasteiger partial charge in [0, 0.05) is 19.2 Å². The third kappa shape index (κ3) is 3.87. The maximum absolute atomic E-state index is 14.5. The van der Waals surface area contributed by atoms with Crippen molar-refractivity contribution in [1.82, 2.24) is 4.90 Å². The lowest BCUT2D eigenvalue weighted by molar-refractivity contribution is -0.129. The fourth-order valence-electron chi connectivity index (χ4n) is 3.89. The van der Waals surface area contributed by atoms with Crippen molar-refractivity contribution >= 4 is 33.3 Å². The number of nitrogens with zero attached hydrogens (tertiary/aromatic N) is 3. The lowest BCUT2D eigenvalue weighted by Crippen LogP contribution is -2.54. The molecule has 0 radical (unpaired) electrons. The fraction of sp³-hybridized carbons (Fsp3) is 0.333. The fourth-order valence-corrected chi connectivity index (χ4v) is 5.49. The maximum Gasteiger partial charge on any atom is 0.343 e. The van der Waals surface area contributed by atoms with Gasteiger partial charge >= 0.3 is 6.03 Å². The van der Waals surface area contributed by atoms with Crippen LogP contribution in [0, 0.1) is 11.6 Å². The predicted octanol–water partition coefficient (Wildman–Crippen LogP) is 3.50. The van der Waals surface area contributed by atoms with Gasteiger partial charge in [-0.2, -0.15) is 4.31 Å². The summed E-state index contributed by atoms with van der Waals surface area (Å²) < 4.78 is 54.8. The first-order chi connectivity index (χ1) is 14.8. The van der Waals surface area contributed by atoms with Crippen LogP contribution in [0.4, 0.5) is 25.0 Å². The van der Waals surface area contributed by atoms with E-state index in [2.05, 4.69) is 0 Å². The van der Waals surface area contributed by atoms with Crippen LogP contribution >= 0.6 is 0 Å². The Bertz CT molecular complexity index is 1130. The van der Waals surface area contributed by atoms with Gasteiger partial charge in [-0.3, -0.25) is 9.69 Å². The summed E-state index contributed by atoms with van der Waals surface area (Å²) in [6.07, 6.45) is 3.73. The number of para-hydroxylation sites is 1. The summed E-state index contributed by atoms with van der Waals surface area (Å²) in [4.78, 5) is 28.6. The number of urea groups is 1. The normalized spacial score (nSPS) is 18.5. The highest BCUT2D eigenvalue weighted by Crippen LogP contribution is 2.38. The molecule has 0 unspecified atom stereocenters. The first-order valence-electron chi connectivity index (χ1n) is 9.99. The summed E-state index contributed by atoms with van der Waals surface area (Å²) in [5.74, 6) is -2.30. The van der Waals surface area contributed by atoms with E-state index in [4.69, 9.17) is 0 Å². The van der Waals surface area contributed by atoms with E-state index in [-0.39, 0.29) is 20.8 Å². The molecule has 3 amide bonds. The Kier molecular flexibility index (Phi) is 5.65. The molecule has 2 heterocycles. The van der Waals surface area contributed by atoms with Gasteiger partial charge < -0.3 is 4.90 Å². The van der Waals surface area contributed by atoms with Crippen molar-refractivity contribution < 1.29 is 26.8 Å². The third-order valence-electron chi connectivity index (χ3n) is 5.46. The minimum absolute atomic E-state index is 0.0312. The molecule has 164 valence electrons. The number of sulfonamides is 1. The number of hydrogen-bond acceptors (Lipinski definition) is 4. The second-order valence-electron chi connectivity index (χ2n) is 7.50. The summed E-state index contributed by atoms with van der Waals surface area (Å²) in [7, 11) is -4.51. The van der Waals surface area contributed by atoms with Crippen LogP contribution in [0.2, 0.25) is 0 Å². The molecular formula is C21H21F2N3O4S. The lowest BCUT2D eigenvalue weighted by Gasteiger charge is -2.36. The standard InChI is InChI=1S/C21H21F2N3O4S/c22-15-9-10-16(23)18(13-15)26-21(28)25(14-20(27)24-11-5-1-2-6-12-24)17-7-3-4-8-19(17)31(26,29)30/h3-4,7-10,13H,1-2,5-6,11-12,14H2. The molecule has 0 atom stereocenters. The Hall–Kier alpha value is -3.01. The van der Waals surface area contributed by atoms with E-state index in [1.54, 1.807) is 11.0 Å². The summed E-state index contributed by atoms with van der Waals surface area (Å²) in [6.45, 7) is 0.713. The number of rotatable bonds is 3. The van der Waals surface area contributed by atoms with Crippen LogP contribution in [-0.4, -0.2) is 44.9 Å². The molecule has 4 rings (SSSR count). The van der Waals surface area contributed by atoms with Gasteiger partial charge in [0.05, 0.1) is 5.69 Å². The molecule has 0 N–H and O–H groups in total. The van der Waals surface area contributed by atoms with E-state index in [9.17, 15) is 26.8 Å². The monoisotopic (exact) mass is 449 g/mol. The first-order valence-corrected chi connectivity index (χ1v) is 11.4. The average Bonchev–Trinajstić information content (AvgIpc) is 3.03. The minimum Gasteiger partial charge on any atom is -0.341 e. The highest BCUT2D eigenvalue weighted by molar-refractivity contribution is 7.94. The van der Waals surface area contributed by atoms with E-state index in [1.807, 2.05) is 0 Å². The number of carbonyl (C=O) groups is 2. The molecule has 2 aliphatic rings. The van der Waals surface area contributed by atoms with Gasteiger partial charge in [-0.15, -0.1) is 0 Å². The number of benzene rings is 2. The smallest absolute Gasteiger partial charge is 0.341 e. The second kappa shape index (κ2) is 8.26. The van der Waals surface area contributed by atoms with Gasteiger partial charge in [-0.1, -0.05) is 25.0 Å². The highest BCUT2D eigenvalue weighted by Gasteiger charge is 2.44. The molecule has 1 fully saturated rings. The third-order valence-corrected chi connectivity index (χ3v) is 7.19. The number of carbonyl (C=O) groups excluding carboxylic acids is 2. The topological polar surface area (TPSA) is 78.0 Å². The molecular weight excluding hydrogens is 428 g/mol. The molecule has 0 bridgehead atoms. The van der Waals surface area contributed by atoms with Crippen molar-refractivity contribution in [2.75, 3.05) is 28.8 Å². The Morgan fingerprint density at radius 2 is 1.61 bits per heavy atom. The van der Waals surface area contributed by atoms with Crippen LogP contribution in [0.25, 0.3) is 0 Å². The van der Waals surface area contributed by atoms with E-state index in [0.29, 0.717) is 19.2 Å². The molecule has 0 aromatic heterocycles. The molecule has 2 aromatic rings. The van der Waals surface area contributed by atoms with Crippen molar-refractivity contribution in [3.63, 3.8) is 0 Å². The molecule has 31 heavy (non-hydrogen) atoms. The maximum atomic E-state index is 14.5. The summed E-state index contributed by atoms with van der Waals surface area (Å²) in [5.41, 5.74) is -0.699. The number of fused-ring (bicyclic) bond motifs is 1. The summed E-state index contributed by atoms with van der Waals surface area (Å²) in [5, 5.41) is 0. The number of halogens is 2. The molecule has 10 heteroatoms. The van der Waals surface area contributed by atoms with Crippen molar-refractivity contribution in [2.24, 2.45) is 0 Å². The number of hydrogen-bond donors (Lipinski definition) is 0. The van der Waals surface area contributed by atoms with E-state index < -0.39 is 39.9 Å². The van der Waals surface area contributed by atoms with Crippen molar-refractivity contribution in [2.45, 2.75) is 30.6 Å². The zero-order valence-electron chi connectivity index (χ0n) is 16.6. The molecule has 0 saturated carbocycles. The Morgan fingerprint density at radius 3 is 2.32 bits per heavy atom. The molecule has 1 saturated heterocycles. The molecule has 0 aliphatic carbocycles. The number of amides is 3. The Morgan fingerprint density at radius 1 is 0.935 bits per heavy atom. The van der Waals surface area contributed by atoms with Gasteiger partial charge in [-0.05, 0) is 37.1 Å². The average molecular weight is 449 g/mol. The van der Waals surface area contributed by atoms with E-state index >= 15 is 0 Å². The largest absolute Gasteiger partial charge is 0.343 e. The van der Waals surface area contributed by atoms with E-state index in [1.165, 1.54) is 18.2 Å². The predicted molar refractivity (Wildman–Crippen MR) is 110 cm³/mol. The SMILES string of the molecule is O=C(CN1C(=O)N(c2cc(F)ccc2F)S(=O)(=O)c2ccccc21)N1CCCCCC1. The number of anilines is 2. The molecule has 0 spiro atoms. The van der Waals surface area contributed by atoms with Gasteiger partial charge in [0.2, 0.25) is 5.91 Å². The van der Waals surface area contributed by atoms with Crippen molar-refractivity contribution in [3.05, 3.63) is 54.1 Å². The van der Waals surface area contributed by atoms with Gasteiger partial charge in [0.15, 0.2) is 0 Å². The van der Waals surface area contributed by atoms with Crippen LogP contribution < -0.4 is 9.21 Å². The quantitative estimate of drug-likeness (QED) is 0.719. The van der Waals surface area contributed by atoms with Crippen LogP contribution in [0.5, 0.6) is 0 Å². The molecule has 7 nitrogen and oxygen atoms in total. The Balaban J connectivity index is 1.77. The van der Waals surface area contributed by atoms with E-state index in [0.717, 1.165) is 42.7 Å². The highest BCUT2D eigenvalue weighted by atomic mass is 32.2. The van der Waals surface area contributed by atoms with Crippen LogP contribution in [0.1, 0.15) is 25.7 Å². The lowest BCUT2D eigenvalue weighted by atomic mass is 10.2. The van der Waals surface area contributed by atoms with Crippen LogP contribution in [0.15, 0.2) is 47.4 Å². The van der Waals surface area contributed by atoms with Crippen LogP contribution in [-0.2, 0) is 14.8 Å². The zero-order valence-corrected chi connectivity index (χ0v) is 17.4. The summed E-state index contributed by atoms with van der Waals surface area (Å²) in [6, 6.07) is 6.78.